The number of nitrogens with zero attached hydrogens (tertiary/aromatic N) is 3. The summed E-state index contributed by atoms with van der Waals surface area (Å²) in [5.74, 6) is -1.51. The predicted octanol–water partition coefficient (Wildman–Crippen LogP) is -0.240. The summed E-state index contributed by atoms with van der Waals surface area (Å²) < 4.78 is 3.71. The zero-order valence-electron chi connectivity index (χ0n) is 9.74. The highest BCUT2D eigenvalue weighted by Gasteiger charge is 2.40. The molecule has 1 aliphatic rings. The SMILES string of the molecule is CCc1nnsc1C(=O)N1CC(O)CC1C(=O)O. The van der Waals surface area contributed by atoms with E-state index in [0.717, 1.165) is 11.5 Å². The van der Waals surface area contributed by atoms with Crippen molar-refractivity contribution in [2.24, 2.45) is 0 Å². The lowest BCUT2D eigenvalue weighted by atomic mass is 10.2. The largest absolute Gasteiger partial charge is 0.480 e. The Balaban J connectivity index is 2.25. The summed E-state index contributed by atoms with van der Waals surface area (Å²) in [5.41, 5.74) is 0.565. The van der Waals surface area contributed by atoms with Gasteiger partial charge < -0.3 is 15.1 Å². The number of rotatable bonds is 3. The molecule has 2 rings (SSSR count). The Bertz CT molecular complexity index is 475. The fraction of sp³-hybridized carbons (Fsp3) is 0.600. The van der Waals surface area contributed by atoms with Crippen molar-refractivity contribution in [1.82, 2.24) is 14.5 Å². The van der Waals surface area contributed by atoms with E-state index in [2.05, 4.69) is 9.59 Å². The molecule has 0 radical (unpaired) electrons. The molecule has 1 fully saturated rings. The number of carbonyl (C=O) groups is 2. The van der Waals surface area contributed by atoms with Crippen molar-refractivity contribution in [2.75, 3.05) is 6.54 Å². The van der Waals surface area contributed by atoms with E-state index < -0.39 is 24.0 Å². The van der Waals surface area contributed by atoms with E-state index in [-0.39, 0.29) is 13.0 Å². The van der Waals surface area contributed by atoms with Crippen molar-refractivity contribution >= 4 is 23.4 Å². The van der Waals surface area contributed by atoms with Gasteiger partial charge >= 0.3 is 5.97 Å². The molecule has 2 heterocycles. The van der Waals surface area contributed by atoms with Crippen molar-refractivity contribution in [3.63, 3.8) is 0 Å². The number of hydrogen-bond donors (Lipinski definition) is 2. The lowest BCUT2D eigenvalue weighted by molar-refractivity contribution is -0.141. The van der Waals surface area contributed by atoms with Gasteiger partial charge in [-0.3, -0.25) is 4.79 Å². The molecule has 8 heteroatoms. The van der Waals surface area contributed by atoms with Gasteiger partial charge in [0.05, 0.1) is 11.8 Å². The van der Waals surface area contributed by atoms with E-state index >= 15 is 0 Å². The normalized spacial score (nSPS) is 23.3. The topological polar surface area (TPSA) is 104 Å². The molecule has 0 aliphatic carbocycles. The van der Waals surface area contributed by atoms with Gasteiger partial charge in [-0.15, -0.1) is 5.10 Å². The molecule has 2 atom stereocenters. The predicted molar refractivity (Wildman–Crippen MR) is 62.4 cm³/mol. The van der Waals surface area contributed by atoms with E-state index in [0.29, 0.717) is 17.0 Å². The monoisotopic (exact) mass is 271 g/mol. The summed E-state index contributed by atoms with van der Waals surface area (Å²) in [4.78, 5) is 24.8. The fourth-order valence-corrected chi connectivity index (χ4v) is 2.71. The lowest BCUT2D eigenvalue weighted by Crippen LogP contribution is -2.40. The summed E-state index contributed by atoms with van der Waals surface area (Å²) in [5, 5.41) is 22.4. The highest BCUT2D eigenvalue weighted by atomic mass is 32.1. The van der Waals surface area contributed by atoms with E-state index in [1.807, 2.05) is 6.92 Å². The Morgan fingerprint density at radius 1 is 1.56 bits per heavy atom. The number of hydrogen-bond acceptors (Lipinski definition) is 6. The first-order valence-corrected chi connectivity index (χ1v) is 6.35. The third kappa shape index (κ3) is 2.21. The van der Waals surface area contributed by atoms with Crippen LogP contribution in [0.2, 0.25) is 0 Å². The minimum absolute atomic E-state index is 0.0385. The number of aliphatic carboxylic acids is 1. The van der Waals surface area contributed by atoms with Gasteiger partial charge in [0, 0.05) is 13.0 Å². The average Bonchev–Trinajstić information content (AvgIpc) is 2.93. The third-order valence-electron chi connectivity index (χ3n) is 2.91. The van der Waals surface area contributed by atoms with Crippen molar-refractivity contribution in [1.29, 1.82) is 0 Å². The van der Waals surface area contributed by atoms with Crippen LogP contribution in [0, 0.1) is 0 Å². The molecule has 0 saturated carbocycles. The minimum atomic E-state index is -1.10. The van der Waals surface area contributed by atoms with Crippen LogP contribution >= 0.6 is 11.5 Å². The van der Waals surface area contributed by atoms with Crippen LogP contribution in [0.25, 0.3) is 0 Å². The van der Waals surface area contributed by atoms with Crippen LogP contribution in [-0.4, -0.2) is 55.3 Å². The number of carboxylic acid groups (broad SMARTS) is 1. The number of β-amino-alcohol motifs (C(OH)–C–C–N with tert-alkyl or cyclic N) is 1. The molecule has 1 aromatic rings. The third-order valence-corrected chi connectivity index (χ3v) is 3.67. The second kappa shape index (κ2) is 4.99. The van der Waals surface area contributed by atoms with Crippen LogP contribution in [0.1, 0.15) is 28.7 Å². The Labute approximate surface area is 107 Å². The van der Waals surface area contributed by atoms with Crippen LogP contribution in [0.3, 0.4) is 0 Å². The summed E-state index contributed by atoms with van der Waals surface area (Å²) in [6.07, 6.45) is -0.165. The quantitative estimate of drug-likeness (QED) is 0.786. The number of carbonyl (C=O) groups excluding carboxylic acids is 1. The maximum atomic E-state index is 12.2. The van der Waals surface area contributed by atoms with Gasteiger partial charge in [0.2, 0.25) is 0 Å². The molecule has 1 aliphatic heterocycles. The second-order valence-corrected chi connectivity index (χ2v) is 4.86. The van der Waals surface area contributed by atoms with Gasteiger partial charge in [-0.2, -0.15) is 0 Å². The Morgan fingerprint density at radius 2 is 2.28 bits per heavy atom. The van der Waals surface area contributed by atoms with Crippen LogP contribution in [0.5, 0.6) is 0 Å². The maximum absolute atomic E-state index is 12.2. The van der Waals surface area contributed by atoms with Gasteiger partial charge in [0.15, 0.2) is 0 Å². The average molecular weight is 271 g/mol. The van der Waals surface area contributed by atoms with Gasteiger partial charge in [-0.05, 0) is 18.0 Å². The summed E-state index contributed by atoms with van der Waals surface area (Å²) in [7, 11) is 0. The highest BCUT2D eigenvalue weighted by Crippen LogP contribution is 2.23. The number of likely N-dealkylation sites (tertiary alicyclic amines) is 1. The summed E-state index contributed by atoms with van der Waals surface area (Å²) in [6, 6.07) is -0.973. The van der Waals surface area contributed by atoms with E-state index in [4.69, 9.17) is 5.11 Å². The van der Waals surface area contributed by atoms with E-state index in [1.54, 1.807) is 0 Å². The molecule has 7 nitrogen and oxygen atoms in total. The molecule has 0 aromatic carbocycles. The molecule has 18 heavy (non-hydrogen) atoms. The first-order valence-electron chi connectivity index (χ1n) is 5.57. The van der Waals surface area contributed by atoms with Crippen molar-refractivity contribution in [2.45, 2.75) is 31.9 Å². The number of aromatic nitrogens is 2. The molecular weight excluding hydrogens is 258 g/mol. The zero-order valence-corrected chi connectivity index (χ0v) is 10.6. The zero-order chi connectivity index (χ0) is 13.3. The van der Waals surface area contributed by atoms with Crippen LogP contribution in [0.15, 0.2) is 0 Å². The molecule has 2 N–H and O–H groups in total. The first kappa shape index (κ1) is 12.9. The second-order valence-electron chi connectivity index (χ2n) is 4.10. The Morgan fingerprint density at radius 3 is 2.89 bits per heavy atom. The summed E-state index contributed by atoms with van der Waals surface area (Å²) in [6.45, 7) is 1.89. The van der Waals surface area contributed by atoms with Gasteiger partial charge in [-0.1, -0.05) is 11.4 Å². The highest BCUT2D eigenvalue weighted by molar-refractivity contribution is 7.08. The first-order chi connectivity index (χ1) is 8.54. The maximum Gasteiger partial charge on any atom is 0.326 e. The van der Waals surface area contributed by atoms with Crippen LogP contribution in [-0.2, 0) is 11.2 Å². The molecule has 1 amide bonds. The number of amides is 1. The smallest absolute Gasteiger partial charge is 0.326 e. The van der Waals surface area contributed by atoms with Crippen LogP contribution in [0.4, 0.5) is 0 Å². The van der Waals surface area contributed by atoms with Gasteiger partial charge in [-0.25, -0.2) is 4.79 Å². The lowest BCUT2D eigenvalue weighted by Gasteiger charge is -2.20. The molecule has 0 spiro atoms. The molecule has 1 aromatic heterocycles. The minimum Gasteiger partial charge on any atom is -0.480 e. The van der Waals surface area contributed by atoms with E-state index in [1.165, 1.54) is 4.90 Å². The number of aliphatic hydroxyl groups excluding tert-OH is 1. The van der Waals surface area contributed by atoms with Crippen molar-refractivity contribution < 1.29 is 19.8 Å². The standard InChI is InChI=1S/C10H13N3O4S/c1-2-6-8(18-12-11-6)9(15)13-4-5(14)3-7(13)10(16)17/h5,7,14H,2-4H2,1H3,(H,16,17). The Hall–Kier alpha value is -1.54. The molecule has 98 valence electrons. The van der Waals surface area contributed by atoms with Gasteiger partial charge in [0.1, 0.15) is 10.9 Å². The fourth-order valence-electron chi connectivity index (χ4n) is 2.01. The number of carboxylic acids is 1. The van der Waals surface area contributed by atoms with Gasteiger partial charge in [0.25, 0.3) is 5.91 Å². The molecule has 1 saturated heterocycles. The van der Waals surface area contributed by atoms with Crippen molar-refractivity contribution in [3.05, 3.63) is 10.6 Å². The Kier molecular flexibility index (Phi) is 3.58. The van der Waals surface area contributed by atoms with E-state index in [9.17, 15) is 14.7 Å². The number of aliphatic hydroxyl groups is 1. The number of aryl methyl sites for hydroxylation is 1. The molecule has 0 bridgehead atoms. The molecular formula is C10H13N3O4S. The van der Waals surface area contributed by atoms with Crippen LogP contribution < -0.4 is 0 Å². The summed E-state index contributed by atoms with van der Waals surface area (Å²) >= 11 is 0.957. The van der Waals surface area contributed by atoms with Crippen molar-refractivity contribution in [3.8, 4) is 0 Å². The molecule has 2 unspecified atom stereocenters.